The average Bonchev–Trinajstić information content (AvgIpc) is 3.26. The number of para-hydroxylation sites is 2. The Hall–Kier alpha value is -3.72. The minimum Gasteiger partial charge on any atom is -0.493 e. The van der Waals surface area contributed by atoms with Gasteiger partial charge in [0.05, 0.1) is 31.0 Å². The van der Waals surface area contributed by atoms with Gasteiger partial charge in [0.25, 0.3) is 0 Å². The summed E-state index contributed by atoms with van der Waals surface area (Å²) in [5, 5.41) is 4.03. The van der Waals surface area contributed by atoms with Gasteiger partial charge in [0.1, 0.15) is 5.65 Å². The van der Waals surface area contributed by atoms with Gasteiger partial charge in [0, 0.05) is 29.8 Å². The molecular weight excluding hydrogens is 461 g/mol. The number of rotatable bonds is 10. The van der Waals surface area contributed by atoms with Crippen molar-refractivity contribution < 1.29 is 18.7 Å². The van der Waals surface area contributed by atoms with Crippen LogP contribution in [0.2, 0.25) is 5.02 Å². The van der Waals surface area contributed by atoms with Gasteiger partial charge < -0.3 is 19.8 Å². The zero-order valence-electron chi connectivity index (χ0n) is 18.6. The third kappa shape index (κ3) is 5.26. The molecule has 0 aliphatic rings. The molecule has 4 aromatic rings. The van der Waals surface area contributed by atoms with Gasteiger partial charge in [-0.3, -0.25) is 4.79 Å². The van der Waals surface area contributed by atoms with E-state index in [4.69, 9.17) is 21.1 Å². The molecule has 8 nitrogen and oxygen atoms in total. The number of anilines is 1. The van der Waals surface area contributed by atoms with Crippen molar-refractivity contribution >= 4 is 34.2 Å². The summed E-state index contributed by atoms with van der Waals surface area (Å²) in [5.41, 5.74) is 1.24. The van der Waals surface area contributed by atoms with E-state index in [1.807, 2.05) is 12.1 Å². The van der Waals surface area contributed by atoms with E-state index in [2.05, 4.69) is 25.3 Å². The summed E-state index contributed by atoms with van der Waals surface area (Å²) in [6, 6.07) is 8.39. The number of aromatic amines is 1. The highest BCUT2D eigenvalue weighted by Gasteiger charge is 2.18. The summed E-state index contributed by atoms with van der Waals surface area (Å²) < 4.78 is 25.4. The molecule has 0 amide bonds. The number of methoxy groups -OCH3 is 1. The zero-order chi connectivity index (χ0) is 24.1. The van der Waals surface area contributed by atoms with E-state index in [1.165, 1.54) is 6.20 Å². The Morgan fingerprint density at radius 2 is 2.03 bits per heavy atom. The number of carbonyl (C=O) groups is 1. The van der Waals surface area contributed by atoms with Crippen LogP contribution in [0.25, 0.3) is 22.4 Å². The van der Waals surface area contributed by atoms with Crippen LogP contribution in [-0.4, -0.2) is 45.5 Å². The number of carbonyl (C=O) groups excluding carboxylic acids is 1. The van der Waals surface area contributed by atoms with E-state index in [1.54, 1.807) is 38.4 Å². The van der Waals surface area contributed by atoms with E-state index in [9.17, 15) is 9.18 Å². The molecular formula is C24H23ClFN5O3. The van der Waals surface area contributed by atoms with Crippen LogP contribution in [0.4, 0.5) is 10.2 Å². The Kier molecular flexibility index (Phi) is 7.22. The molecule has 0 saturated heterocycles. The van der Waals surface area contributed by atoms with Gasteiger partial charge in [-0.05, 0) is 31.5 Å². The van der Waals surface area contributed by atoms with Crippen LogP contribution < -0.4 is 14.8 Å². The van der Waals surface area contributed by atoms with Gasteiger partial charge in [-0.1, -0.05) is 23.7 Å². The first-order chi connectivity index (χ1) is 16.5. The standard InChI is InChI=1S/C24H23ClFN5O3/c1-14(19(32)6-5-9-34-21-8-4-3-7-20(21)33-2)30-24-18(26)13-29-23(31-24)17-12-28-22-16(17)10-15(25)11-27-22/h3-4,7-8,10-14H,5-6,9H2,1-2H3,(H,27,28)(H,29,30,31)/t14-/m0/s1. The Labute approximate surface area is 200 Å². The second-order valence-electron chi connectivity index (χ2n) is 7.58. The molecule has 10 heteroatoms. The number of hydrogen-bond donors (Lipinski definition) is 2. The number of aromatic nitrogens is 4. The molecule has 0 aliphatic heterocycles. The van der Waals surface area contributed by atoms with Gasteiger partial charge in [-0.15, -0.1) is 0 Å². The zero-order valence-corrected chi connectivity index (χ0v) is 19.4. The van der Waals surface area contributed by atoms with Crippen LogP contribution >= 0.6 is 11.6 Å². The minimum atomic E-state index is -0.654. The molecule has 0 saturated carbocycles. The lowest BCUT2D eigenvalue weighted by Gasteiger charge is -2.15. The van der Waals surface area contributed by atoms with Crippen molar-refractivity contribution in [1.29, 1.82) is 0 Å². The highest BCUT2D eigenvalue weighted by atomic mass is 35.5. The SMILES string of the molecule is COc1ccccc1OCCCC(=O)[C@H](C)Nc1nc(-c2c[nH]c3ncc(Cl)cc23)ncc1F. The molecule has 34 heavy (non-hydrogen) atoms. The Morgan fingerprint density at radius 1 is 1.24 bits per heavy atom. The summed E-state index contributed by atoms with van der Waals surface area (Å²) >= 11 is 6.06. The Balaban J connectivity index is 1.38. The monoisotopic (exact) mass is 483 g/mol. The predicted molar refractivity (Wildman–Crippen MR) is 128 cm³/mol. The maximum atomic E-state index is 14.4. The molecule has 3 heterocycles. The highest BCUT2D eigenvalue weighted by Crippen LogP contribution is 2.28. The number of hydrogen-bond acceptors (Lipinski definition) is 7. The van der Waals surface area contributed by atoms with Crippen molar-refractivity contribution in [2.24, 2.45) is 0 Å². The van der Waals surface area contributed by atoms with Crippen LogP contribution in [-0.2, 0) is 4.79 Å². The van der Waals surface area contributed by atoms with Gasteiger partial charge in [-0.2, -0.15) is 0 Å². The largest absolute Gasteiger partial charge is 0.493 e. The second-order valence-corrected chi connectivity index (χ2v) is 8.01. The maximum absolute atomic E-state index is 14.4. The van der Waals surface area contributed by atoms with Crippen molar-refractivity contribution in [2.75, 3.05) is 19.0 Å². The number of fused-ring (bicyclic) bond motifs is 1. The lowest BCUT2D eigenvalue weighted by Crippen LogP contribution is -2.27. The number of pyridine rings is 1. The van der Waals surface area contributed by atoms with E-state index < -0.39 is 11.9 Å². The predicted octanol–water partition coefficient (Wildman–Crippen LogP) is 5.05. The molecule has 0 aliphatic carbocycles. The summed E-state index contributed by atoms with van der Waals surface area (Å²) in [6.07, 6.45) is 5.04. The van der Waals surface area contributed by atoms with Crippen molar-refractivity contribution in [3.05, 3.63) is 59.8 Å². The second kappa shape index (κ2) is 10.5. The molecule has 0 unspecified atom stereocenters. The van der Waals surface area contributed by atoms with Crippen LogP contribution in [0.3, 0.4) is 0 Å². The fraction of sp³-hybridized carbons (Fsp3) is 0.250. The van der Waals surface area contributed by atoms with Gasteiger partial charge in [0.15, 0.2) is 34.7 Å². The van der Waals surface area contributed by atoms with Gasteiger partial charge in [0.2, 0.25) is 0 Å². The van der Waals surface area contributed by atoms with Crippen LogP contribution in [0.15, 0.2) is 48.9 Å². The van der Waals surface area contributed by atoms with E-state index in [0.717, 1.165) is 6.20 Å². The number of halogens is 2. The Bertz CT molecular complexity index is 1310. The van der Waals surface area contributed by atoms with Crippen LogP contribution in [0.1, 0.15) is 19.8 Å². The van der Waals surface area contributed by atoms with Crippen molar-refractivity contribution in [3.63, 3.8) is 0 Å². The fourth-order valence-electron chi connectivity index (χ4n) is 3.43. The van der Waals surface area contributed by atoms with Crippen LogP contribution in [0.5, 0.6) is 11.5 Å². The summed E-state index contributed by atoms with van der Waals surface area (Å²) in [5.74, 6) is 0.731. The Morgan fingerprint density at radius 3 is 2.82 bits per heavy atom. The summed E-state index contributed by atoms with van der Waals surface area (Å²) in [6.45, 7) is 2.02. The number of benzene rings is 1. The third-order valence-electron chi connectivity index (χ3n) is 5.21. The molecule has 4 rings (SSSR count). The lowest BCUT2D eigenvalue weighted by atomic mass is 10.1. The third-order valence-corrected chi connectivity index (χ3v) is 5.42. The molecule has 0 spiro atoms. The number of nitrogens with one attached hydrogen (secondary N) is 2. The lowest BCUT2D eigenvalue weighted by molar-refractivity contribution is -0.119. The molecule has 0 bridgehead atoms. The highest BCUT2D eigenvalue weighted by molar-refractivity contribution is 6.31. The summed E-state index contributed by atoms with van der Waals surface area (Å²) in [7, 11) is 1.57. The molecule has 0 fully saturated rings. The molecule has 2 N–H and O–H groups in total. The summed E-state index contributed by atoms with van der Waals surface area (Å²) in [4.78, 5) is 28.2. The number of Topliss-reactive ketones (excluding diaryl/α,β-unsaturated/α-hetero) is 1. The first-order valence-electron chi connectivity index (χ1n) is 10.7. The minimum absolute atomic E-state index is 0.0551. The number of ketones is 1. The maximum Gasteiger partial charge on any atom is 0.183 e. The smallest absolute Gasteiger partial charge is 0.183 e. The molecule has 3 aromatic heterocycles. The van der Waals surface area contributed by atoms with E-state index in [-0.39, 0.29) is 23.8 Å². The number of ether oxygens (including phenoxy) is 2. The van der Waals surface area contributed by atoms with E-state index in [0.29, 0.717) is 46.1 Å². The van der Waals surface area contributed by atoms with E-state index >= 15 is 0 Å². The van der Waals surface area contributed by atoms with Crippen molar-refractivity contribution in [1.82, 2.24) is 19.9 Å². The fourth-order valence-corrected chi connectivity index (χ4v) is 3.59. The molecule has 176 valence electrons. The first kappa shape index (κ1) is 23.4. The number of H-pyrrole nitrogens is 1. The normalized spacial score (nSPS) is 11.9. The average molecular weight is 484 g/mol. The quantitative estimate of drug-likeness (QED) is 0.304. The first-order valence-corrected chi connectivity index (χ1v) is 11.0. The van der Waals surface area contributed by atoms with Crippen LogP contribution in [0, 0.1) is 5.82 Å². The van der Waals surface area contributed by atoms with Crippen molar-refractivity contribution in [3.8, 4) is 22.9 Å². The molecule has 0 radical (unpaired) electrons. The van der Waals surface area contributed by atoms with Gasteiger partial charge >= 0.3 is 0 Å². The number of nitrogens with zero attached hydrogens (tertiary/aromatic N) is 3. The van der Waals surface area contributed by atoms with Crippen molar-refractivity contribution in [2.45, 2.75) is 25.8 Å². The van der Waals surface area contributed by atoms with Gasteiger partial charge in [-0.25, -0.2) is 19.3 Å². The topological polar surface area (TPSA) is 102 Å². The molecule has 1 atom stereocenters. The molecule has 1 aromatic carbocycles.